The fraction of sp³-hybridized carbons (Fsp3) is 0.414. The van der Waals surface area contributed by atoms with Crippen molar-refractivity contribution < 1.29 is 14.0 Å². The van der Waals surface area contributed by atoms with E-state index in [9.17, 15) is 4.79 Å². The molecule has 2 heterocycles. The summed E-state index contributed by atoms with van der Waals surface area (Å²) in [5.74, 6) is 0. The number of hydrogen-bond donors (Lipinski definition) is 1. The highest BCUT2D eigenvalue weighted by Crippen LogP contribution is 2.37. The SMILES string of the molecule is CC(C)(C)OC(=O)n1c(CO[Si](c2ccccc2)(c2ccccc2)C(C)(C)C)cc2c1CCNC2. The van der Waals surface area contributed by atoms with Gasteiger partial charge < -0.3 is 14.5 Å². The van der Waals surface area contributed by atoms with Crippen LogP contribution in [0.5, 0.6) is 0 Å². The predicted octanol–water partition coefficient (Wildman–Crippen LogP) is 4.99. The van der Waals surface area contributed by atoms with E-state index < -0.39 is 13.9 Å². The van der Waals surface area contributed by atoms with Gasteiger partial charge in [0, 0.05) is 25.2 Å². The normalized spacial score (nSPS) is 14.5. The van der Waals surface area contributed by atoms with Crippen LogP contribution in [0.3, 0.4) is 0 Å². The first-order valence-corrected chi connectivity index (χ1v) is 14.4. The highest BCUT2D eigenvalue weighted by Gasteiger charge is 2.50. The standard InChI is InChI=1S/C29H38N2O3Si/c1-28(2,3)34-27(32)31-23(19-22-20-30-18-17-26(22)31)21-33-35(29(4,5)6,24-13-9-7-10-14-24)25-15-11-8-12-16-25/h7-16,19,30H,17-18,20-21H2,1-6H3. The molecule has 0 radical (unpaired) electrons. The molecule has 6 heteroatoms. The van der Waals surface area contributed by atoms with Gasteiger partial charge in [-0.3, -0.25) is 4.57 Å². The highest BCUT2D eigenvalue weighted by atomic mass is 28.4. The third-order valence-corrected chi connectivity index (χ3v) is 11.5. The summed E-state index contributed by atoms with van der Waals surface area (Å²) in [5, 5.41) is 5.73. The molecule has 0 fully saturated rings. The minimum absolute atomic E-state index is 0.139. The Balaban J connectivity index is 1.80. The number of rotatable bonds is 5. The molecule has 0 saturated heterocycles. The van der Waals surface area contributed by atoms with Crippen molar-refractivity contribution in [2.24, 2.45) is 0 Å². The van der Waals surface area contributed by atoms with Crippen molar-refractivity contribution in [2.75, 3.05) is 6.54 Å². The van der Waals surface area contributed by atoms with Gasteiger partial charge in [0.1, 0.15) is 5.60 Å². The number of carbonyl (C=O) groups excluding carboxylic acids is 1. The molecule has 0 amide bonds. The Morgan fingerprint density at radius 3 is 2.03 bits per heavy atom. The van der Waals surface area contributed by atoms with Crippen LogP contribution in [0, 0.1) is 0 Å². The summed E-state index contributed by atoms with van der Waals surface area (Å²) in [6, 6.07) is 23.3. The van der Waals surface area contributed by atoms with E-state index >= 15 is 0 Å². The number of fused-ring (bicyclic) bond motifs is 1. The molecule has 1 aromatic heterocycles. The van der Waals surface area contributed by atoms with Crippen molar-refractivity contribution in [1.82, 2.24) is 9.88 Å². The van der Waals surface area contributed by atoms with E-state index in [2.05, 4.69) is 80.7 Å². The molecule has 0 spiro atoms. The molecular formula is C29H38N2O3Si. The molecule has 2 aromatic carbocycles. The Morgan fingerprint density at radius 1 is 0.943 bits per heavy atom. The maximum Gasteiger partial charge on any atom is 0.419 e. The van der Waals surface area contributed by atoms with Gasteiger partial charge in [0.05, 0.1) is 12.3 Å². The molecule has 1 aliphatic rings. The van der Waals surface area contributed by atoms with Gasteiger partial charge in [0.15, 0.2) is 0 Å². The maximum absolute atomic E-state index is 13.4. The summed E-state index contributed by atoms with van der Waals surface area (Å²) in [5.41, 5.74) is 2.44. The lowest BCUT2D eigenvalue weighted by atomic mass is 10.1. The summed E-state index contributed by atoms with van der Waals surface area (Å²) in [7, 11) is -2.73. The van der Waals surface area contributed by atoms with E-state index in [-0.39, 0.29) is 11.1 Å². The largest absolute Gasteiger partial charge is 0.443 e. The molecule has 4 rings (SSSR count). The molecule has 1 aliphatic heterocycles. The van der Waals surface area contributed by atoms with Crippen LogP contribution >= 0.6 is 0 Å². The first kappa shape index (κ1) is 25.4. The van der Waals surface area contributed by atoms with Gasteiger partial charge in [-0.2, -0.15) is 0 Å². The van der Waals surface area contributed by atoms with E-state index in [1.165, 1.54) is 10.4 Å². The number of benzene rings is 2. The third-order valence-electron chi connectivity index (χ3n) is 6.55. The van der Waals surface area contributed by atoms with Crippen molar-refractivity contribution in [3.05, 3.63) is 83.7 Å². The summed E-state index contributed by atoms with van der Waals surface area (Å²) in [4.78, 5) is 13.4. The van der Waals surface area contributed by atoms with Crippen LogP contribution in [0.1, 0.15) is 58.5 Å². The molecule has 5 nitrogen and oxygen atoms in total. The van der Waals surface area contributed by atoms with Gasteiger partial charge in [0.2, 0.25) is 0 Å². The van der Waals surface area contributed by atoms with Crippen molar-refractivity contribution >= 4 is 24.8 Å². The monoisotopic (exact) mass is 490 g/mol. The second kappa shape index (κ2) is 9.76. The number of hydrogen-bond acceptors (Lipinski definition) is 4. The Bertz CT molecular complexity index is 1120. The van der Waals surface area contributed by atoms with Gasteiger partial charge in [-0.1, -0.05) is 81.4 Å². The molecule has 0 aliphatic carbocycles. The molecule has 0 saturated carbocycles. The van der Waals surface area contributed by atoms with Gasteiger partial charge in [-0.25, -0.2) is 4.79 Å². The Labute approximate surface area is 210 Å². The van der Waals surface area contributed by atoms with E-state index in [1.54, 1.807) is 4.57 Å². The van der Waals surface area contributed by atoms with E-state index in [4.69, 9.17) is 9.16 Å². The smallest absolute Gasteiger partial charge is 0.419 e. The fourth-order valence-electron chi connectivity index (χ4n) is 5.11. The average Bonchev–Trinajstić information content (AvgIpc) is 3.17. The van der Waals surface area contributed by atoms with Crippen LogP contribution in [-0.4, -0.2) is 31.1 Å². The first-order chi connectivity index (χ1) is 16.5. The molecule has 0 atom stereocenters. The average molecular weight is 491 g/mol. The maximum atomic E-state index is 13.4. The molecule has 0 unspecified atom stereocenters. The summed E-state index contributed by atoms with van der Waals surface area (Å²) >= 11 is 0. The van der Waals surface area contributed by atoms with Gasteiger partial charge in [0.25, 0.3) is 8.32 Å². The number of carbonyl (C=O) groups is 1. The zero-order chi connectivity index (χ0) is 25.3. The number of aromatic nitrogens is 1. The summed E-state index contributed by atoms with van der Waals surface area (Å²) in [6.07, 6.45) is 0.454. The fourth-order valence-corrected chi connectivity index (χ4v) is 9.63. The van der Waals surface area contributed by atoms with E-state index in [0.717, 1.165) is 36.5 Å². The zero-order valence-electron chi connectivity index (χ0n) is 21.9. The molecule has 1 N–H and O–H groups in total. The lowest BCUT2D eigenvalue weighted by Gasteiger charge is -2.43. The quantitative estimate of drug-likeness (QED) is 0.512. The van der Waals surface area contributed by atoms with Crippen molar-refractivity contribution in [1.29, 1.82) is 0 Å². The lowest BCUT2D eigenvalue weighted by Crippen LogP contribution is -2.66. The van der Waals surface area contributed by atoms with Crippen LogP contribution in [0.2, 0.25) is 5.04 Å². The topological polar surface area (TPSA) is 52.5 Å². The van der Waals surface area contributed by atoms with Gasteiger partial charge in [-0.05, 0) is 47.8 Å². The molecule has 186 valence electrons. The highest BCUT2D eigenvalue weighted by molar-refractivity contribution is 6.99. The third kappa shape index (κ3) is 5.15. The Hall–Kier alpha value is -2.67. The summed E-state index contributed by atoms with van der Waals surface area (Å²) in [6.45, 7) is 14.4. The van der Waals surface area contributed by atoms with Crippen LogP contribution in [0.15, 0.2) is 66.7 Å². The predicted molar refractivity (Wildman–Crippen MR) is 144 cm³/mol. The van der Waals surface area contributed by atoms with Crippen molar-refractivity contribution in [2.45, 2.75) is 71.8 Å². The Kier molecular flexibility index (Phi) is 7.09. The van der Waals surface area contributed by atoms with Crippen molar-refractivity contribution in [3.8, 4) is 0 Å². The van der Waals surface area contributed by atoms with Crippen molar-refractivity contribution in [3.63, 3.8) is 0 Å². The number of ether oxygens (including phenoxy) is 1. The van der Waals surface area contributed by atoms with Gasteiger partial charge in [-0.15, -0.1) is 0 Å². The second-order valence-electron chi connectivity index (χ2n) is 11.3. The number of nitrogens with zero attached hydrogens (tertiary/aromatic N) is 1. The molecule has 3 aromatic rings. The van der Waals surface area contributed by atoms with Gasteiger partial charge >= 0.3 is 6.09 Å². The second-order valence-corrected chi connectivity index (χ2v) is 15.6. The molecule has 0 bridgehead atoms. The lowest BCUT2D eigenvalue weighted by molar-refractivity contribution is 0.0521. The minimum atomic E-state index is -2.73. The molecule has 35 heavy (non-hydrogen) atoms. The van der Waals surface area contributed by atoms with E-state index in [0.29, 0.717) is 6.61 Å². The van der Waals surface area contributed by atoms with E-state index in [1.807, 2.05) is 32.9 Å². The Morgan fingerprint density at radius 2 is 1.51 bits per heavy atom. The van der Waals surface area contributed by atoms with Crippen LogP contribution in [0.25, 0.3) is 0 Å². The van der Waals surface area contributed by atoms with Crippen LogP contribution < -0.4 is 15.7 Å². The van der Waals surface area contributed by atoms with Crippen LogP contribution in [-0.2, 0) is 28.7 Å². The minimum Gasteiger partial charge on any atom is -0.443 e. The first-order valence-electron chi connectivity index (χ1n) is 12.4. The summed E-state index contributed by atoms with van der Waals surface area (Å²) < 4.78 is 14.7. The van der Waals surface area contributed by atoms with Crippen LogP contribution in [0.4, 0.5) is 4.79 Å². The number of nitrogens with one attached hydrogen (secondary N) is 1. The molecular weight excluding hydrogens is 452 g/mol. The zero-order valence-corrected chi connectivity index (χ0v) is 22.9.